The fourth-order valence-corrected chi connectivity index (χ4v) is 2.37. The number of hydrogen-bond donors (Lipinski definition) is 1. The van der Waals surface area contributed by atoms with E-state index in [-0.39, 0.29) is 18.6 Å². The number of ether oxygens (including phenoxy) is 1. The highest BCUT2D eigenvalue weighted by Crippen LogP contribution is 2.13. The number of carbonyl (C=O) groups excluding carboxylic acids is 3. The number of rotatable bonds is 7. The van der Waals surface area contributed by atoms with Gasteiger partial charge in [-0.25, -0.2) is 4.98 Å². The quantitative estimate of drug-likeness (QED) is 0.574. The van der Waals surface area contributed by atoms with Crippen molar-refractivity contribution in [3.05, 3.63) is 58.2 Å². The summed E-state index contributed by atoms with van der Waals surface area (Å²) in [4.78, 5) is 40.1. The number of Topliss-reactive ketones (excluding diaryl/α,β-unsaturated/α-hetero) is 1. The van der Waals surface area contributed by atoms with E-state index in [1.165, 1.54) is 19.2 Å². The molecule has 0 aliphatic rings. The van der Waals surface area contributed by atoms with E-state index in [2.05, 4.69) is 10.3 Å². The molecule has 1 N–H and O–H groups in total. The molecule has 0 aliphatic heterocycles. The molecular formula is C20H21ClN2O4. The minimum absolute atomic E-state index is 0.0222. The lowest BCUT2D eigenvalue weighted by Gasteiger charge is -2.13. The Morgan fingerprint density at radius 2 is 1.85 bits per heavy atom. The molecule has 142 valence electrons. The topological polar surface area (TPSA) is 85.4 Å². The van der Waals surface area contributed by atoms with Gasteiger partial charge in [0.05, 0.1) is 11.4 Å². The van der Waals surface area contributed by atoms with Crippen molar-refractivity contribution in [3.8, 4) is 0 Å². The molecule has 2 aromatic rings. The number of carbonyl (C=O) groups is 3. The summed E-state index contributed by atoms with van der Waals surface area (Å²) in [5.74, 6) is -0.965. The Bertz CT molecular complexity index is 850. The van der Waals surface area contributed by atoms with Gasteiger partial charge in [0.25, 0.3) is 5.91 Å². The number of aromatic nitrogens is 1. The molecule has 1 aromatic carbocycles. The Morgan fingerprint density at radius 3 is 2.48 bits per heavy atom. The Balaban J connectivity index is 1.81. The number of benzene rings is 1. The van der Waals surface area contributed by atoms with Gasteiger partial charge < -0.3 is 10.1 Å². The maximum absolute atomic E-state index is 12.2. The molecule has 0 fully saturated rings. The van der Waals surface area contributed by atoms with Crippen LogP contribution in [0.4, 0.5) is 5.82 Å². The Morgan fingerprint density at radius 1 is 1.11 bits per heavy atom. The van der Waals surface area contributed by atoms with Gasteiger partial charge in [-0.15, -0.1) is 0 Å². The van der Waals surface area contributed by atoms with Gasteiger partial charge in [-0.05, 0) is 50.1 Å². The maximum Gasteiger partial charge on any atom is 0.307 e. The Hall–Kier alpha value is -2.73. The first-order valence-corrected chi connectivity index (χ1v) is 8.86. The largest absolute Gasteiger partial charge is 0.453 e. The second-order valence-corrected chi connectivity index (χ2v) is 6.64. The smallest absolute Gasteiger partial charge is 0.307 e. The van der Waals surface area contributed by atoms with E-state index in [0.717, 1.165) is 11.1 Å². The average Bonchev–Trinajstić information content (AvgIpc) is 2.63. The zero-order chi connectivity index (χ0) is 20.0. The van der Waals surface area contributed by atoms with Crippen LogP contribution in [0.5, 0.6) is 0 Å². The van der Waals surface area contributed by atoms with Crippen molar-refractivity contribution in [2.45, 2.75) is 39.7 Å². The van der Waals surface area contributed by atoms with Crippen LogP contribution >= 0.6 is 11.6 Å². The standard InChI is InChI=1S/C20H21ClN2O4/c1-12-4-5-15(10-13(12)2)17(24)7-9-19(25)27-14(3)20(26)23-18-8-6-16(21)11-22-18/h4-6,8,10-11,14H,7,9H2,1-3H3,(H,22,23,26). The first-order valence-electron chi connectivity index (χ1n) is 8.48. The summed E-state index contributed by atoms with van der Waals surface area (Å²) in [5.41, 5.74) is 2.68. The van der Waals surface area contributed by atoms with E-state index >= 15 is 0 Å². The third kappa shape index (κ3) is 6.18. The lowest BCUT2D eigenvalue weighted by molar-refractivity contribution is -0.153. The summed E-state index contributed by atoms with van der Waals surface area (Å²) in [6, 6.07) is 8.54. The number of hydrogen-bond acceptors (Lipinski definition) is 5. The molecule has 1 amide bonds. The van der Waals surface area contributed by atoms with Gasteiger partial charge in [-0.1, -0.05) is 23.7 Å². The molecule has 0 saturated heterocycles. The van der Waals surface area contributed by atoms with E-state index in [1.54, 1.807) is 18.2 Å². The van der Waals surface area contributed by atoms with Crippen molar-refractivity contribution in [3.63, 3.8) is 0 Å². The van der Waals surface area contributed by atoms with Gasteiger partial charge in [0.15, 0.2) is 11.9 Å². The van der Waals surface area contributed by atoms with Gasteiger partial charge in [-0.2, -0.15) is 0 Å². The molecule has 0 aliphatic carbocycles. The second-order valence-electron chi connectivity index (χ2n) is 6.21. The van der Waals surface area contributed by atoms with Crippen LogP contribution in [0.1, 0.15) is 41.3 Å². The highest BCUT2D eigenvalue weighted by Gasteiger charge is 2.19. The Kier molecular flexibility index (Phi) is 7.07. The molecule has 1 atom stereocenters. The van der Waals surface area contributed by atoms with Crippen LogP contribution in [0.25, 0.3) is 0 Å². The van der Waals surface area contributed by atoms with Crippen LogP contribution in [-0.4, -0.2) is 28.7 Å². The van der Waals surface area contributed by atoms with Crippen LogP contribution in [0.3, 0.4) is 0 Å². The summed E-state index contributed by atoms with van der Waals surface area (Å²) in [6.45, 7) is 5.34. The van der Waals surface area contributed by atoms with Gasteiger partial charge in [0.2, 0.25) is 0 Å². The molecule has 0 saturated carbocycles. The average molecular weight is 389 g/mol. The monoisotopic (exact) mass is 388 g/mol. The van der Waals surface area contributed by atoms with Crippen molar-refractivity contribution < 1.29 is 19.1 Å². The molecule has 1 unspecified atom stereocenters. The van der Waals surface area contributed by atoms with E-state index in [1.807, 2.05) is 19.9 Å². The summed E-state index contributed by atoms with van der Waals surface area (Å²) in [7, 11) is 0. The molecule has 0 spiro atoms. The number of halogens is 1. The fraction of sp³-hybridized carbons (Fsp3) is 0.300. The SMILES string of the molecule is Cc1ccc(C(=O)CCC(=O)OC(C)C(=O)Nc2ccc(Cl)cn2)cc1C. The zero-order valence-electron chi connectivity index (χ0n) is 15.4. The minimum Gasteiger partial charge on any atom is -0.453 e. The zero-order valence-corrected chi connectivity index (χ0v) is 16.2. The van der Waals surface area contributed by atoms with Crippen molar-refractivity contribution in [2.75, 3.05) is 5.32 Å². The molecule has 0 bridgehead atoms. The molecule has 27 heavy (non-hydrogen) atoms. The highest BCUT2D eigenvalue weighted by molar-refractivity contribution is 6.30. The van der Waals surface area contributed by atoms with E-state index < -0.39 is 18.0 Å². The van der Waals surface area contributed by atoms with Crippen LogP contribution in [-0.2, 0) is 14.3 Å². The van der Waals surface area contributed by atoms with Gasteiger partial charge in [0.1, 0.15) is 5.82 Å². The van der Waals surface area contributed by atoms with Crippen molar-refractivity contribution in [1.29, 1.82) is 0 Å². The highest BCUT2D eigenvalue weighted by atomic mass is 35.5. The third-order valence-corrected chi connectivity index (χ3v) is 4.26. The second kappa shape index (κ2) is 9.28. The van der Waals surface area contributed by atoms with Gasteiger partial charge in [0, 0.05) is 18.2 Å². The van der Waals surface area contributed by atoms with Gasteiger partial charge >= 0.3 is 5.97 Å². The van der Waals surface area contributed by atoms with Gasteiger partial charge in [-0.3, -0.25) is 14.4 Å². The lowest BCUT2D eigenvalue weighted by atomic mass is 10.0. The van der Waals surface area contributed by atoms with E-state index in [9.17, 15) is 14.4 Å². The van der Waals surface area contributed by atoms with Crippen LogP contribution in [0, 0.1) is 13.8 Å². The predicted octanol–water partition coefficient (Wildman–Crippen LogP) is 3.89. The molecule has 7 heteroatoms. The number of anilines is 1. The first kappa shape index (κ1) is 20.6. The number of nitrogens with zero attached hydrogens (tertiary/aromatic N) is 1. The first-order chi connectivity index (χ1) is 12.8. The number of ketones is 1. The molecule has 2 rings (SSSR count). The fourth-order valence-electron chi connectivity index (χ4n) is 2.26. The normalized spacial score (nSPS) is 11.6. The van der Waals surface area contributed by atoms with Crippen molar-refractivity contribution in [2.24, 2.45) is 0 Å². The molecule has 6 nitrogen and oxygen atoms in total. The van der Waals surface area contributed by atoms with Crippen molar-refractivity contribution >= 4 is 35.1 Å². The molecule has 1 heterocycles. The van der Waals surface area contributed by atoms with Crippen LogP contribution in [0.2, 0.25) is 5.02 Å². The van der Waals surface area contributed by atoms with Crippen LogP contribution < -0.4 is 5.32 Å². The number of amides is 1. The maximum atomic E-state index is 12.2. The van der Waals surface area contributed by atoms with Crippen molar-refractivity contribution in [1.82, 2.24) is 4.98 Å². The number of nitrogens with one attached hydrogen (secondary N) is 1. The lowest BCUT2D eigenvalue weighted by Crippen LogP contribution is -2.30. The summed E-state index contributed by atoms with van der Waals surface area (Å²) in [6.07, 6.45) is 0.315. The Labute approximate surface area is 162 Å². The summed E-state index contributed by atoms with van der Waals surface area (Å²) in [5, 5.41) is 2.97. The third-order valence-electron chi connectivity index (χ3n) is 4.04. The summed E-state index contributed by atoms with van der Waals surface area (Å²) < 4.78 is 5.08. The molecular weight excluding hydrogens is 368 g/mol. The number of esters is 1. The predicted molar refractivity (Wildman–Crippen MR) is 103 cm³/mol. The molecule has 1 aromatic heterocycles. The molecule has 0 radical (unpaired) electrons. The number of pyridine rings is 1. The minimum atomic E-state index is -1.01. The van der Waals surface area contributed by atoms with Crippen LogP contribution in [0.15, 0.2) is 36.5 Å². The van der Waals surface area contributed by atoms with E-state index in [0.29, 0.717) is 16.4 Å². The van der Waals surface area contributed by atoms with E-state index in [4.69, 9.17) is 16.3 Å². The summed E-state index contributed by atoms with van der Waals surface area (Å²) >= 11 is 5.73. The number of aryl methyl sites for hydroxylation is 2.